The number of benzene rings is 2. The molecule has 0 N–H and O–H groups in total. The van der Waals surface area contributed by atoms with Gasteiger partial charge >= 0.3 is 0 Å². The smallest absolute Gasteiger partial charge is 0.241 e. The fourth-order valence-corrected chi connectivity index (χ4v) is 4.23. The van der Waals surface area contributed by atoms with E-state index in [0.717, 1.165) is 31.5 Å². The Hall–Kier alpha value is -2.50. The van der Waals surface area contributed by atoms with Crippen LogP contribution in [0.4, 0.5) is 0 Å². The summed E-state index contributed by atoms with van der Waals surface area (Å²) >= 11 is 0. The van der Waals surface area contributed by atoms with E-state index in [1.54, 1.807) is 0 Å². The Bertz CT molecular complexity index is 950. The van der Waals surface area contributed by atoms with Crippen molar-refractivity contribution in [2.45, 2.75) is 38.5 Å². The summed E-state index contributed by atoms with van der Waals surface area (Å²) in [7, 11) is 0. The number of ether oxygens (including phenoxy) is 1. The molecular weight excluding hydrogens is 338 g/mol. The summed E-state index contributed by atoms with van der Waals surface area (Å²) in [6.45, 7) is 5.36. The van der Waals surface area contributed by atoms with E-state index in [1.807, 2.05) is 0 Å². The third kappa shape index (κ3) is 2.97. The molecule has 1 aromatic heterocycles. The highest BCUT2D eigenvalue weighted by atomic mass is 16.5. The molecule has 1 saturated heterocycles. The number of hydrogen-bond donors (Lipinski definition) is 0. The Morgan fingerprint density at radius 1 is 1.11 bits per heavy atom. The van der Waals surface area contributed by atoms with Crippen molar-refractivity contribution in [2.75, 3.05) is 13.1 Å². The number of fused-ring (bicyclic) bond motifs is 2. The first-order valence-electron chi connectivity index (χ1n) is 9.62. The lowest BCUT2D eigenvalue weighted by Crippen LogP contribution is -2.30. The van der Waals surface area contributed by atoms with E-state index < -0.39 is 0 Å². The predicted molar refractivity (Wildman–Crippen MR) is 102 cm³/mol. The fourth-order valence-electron chi connectivity index (χ4n) is 4.23. The lowest BCUT2D eigenvalue weighted by molar-refractivity contribution is -0.0303. The van der Waals surface area contributed by atoms with Crippen molar-refractivity contribution in [2.24, 2.45) is 0 Å². The summed E-state index contributed by atoms with van der Waals surface area (Å²) in [5, 5.41) is 4.16. The minimum atomic E-state index is -0.171. The molecular formula is C22H23N3O2. The summed E-state index contributed by atoms with van der Waals surface area (Å²) in [4.78, 5) is 6.95. The highest BCUT2D eigenvalue weighted by Gasteiger charge is 2.45. The molecule has 5 heteroatoms. The second kappa shape index (κ2) is 6.59. The van der Waals surface area contributed by atoms with Gasteiger partial charge in [0.1, 0.15) is 5.60 Å². The molecule has 5 rings (SSSR count). The zero-order valence-electron chi connectivity index (χ0n) is 15.5. The third-order valence-corrected chi connectivity index (χ3v) is 5.77. The minimum Gasteiger partial charge on any atom is -0.364 e. The zero-order valence-corrected chi connectivity index (χ0v) is 15.5. The van der Waals surface area contributed by atoms with Crippen LogP contribution in [-0.4, -0.2) is 28.1 Å². The number of aromatic nitrogens is 2. The second-order valence-corrected chi connectivity index (χ2v) is 7.46. The van der Waals surface area contributed by atoms with Crippen LogP contribution >= 0.6 is 0 Å². The molecule has 27 heavy (non-hydrogen) atoms. The van der Waals surface area contributed by atoms with Crippen LogP contribution in [0.3, 0.4) is 0 Å². The van der Waals surface area contributed by atoms with Gasteiger partial charge in [0.25, 0.3) is 0 Å². The summed E-state index contributed by atoms with van der Waals surface area (Å²) in [6.07, 6.45) is 2.03. The SMILES string of the molecule is CCc1ccc(-c2noc(CN3CCC4(C3)OCc3ccccc34)n2)cc1. The average molecular weight is 361 g/mol. The van der Waals surface area contributed by atoms with Gasteiger partial charge in [-0.3, -0.25) is 4.90 Å². The average Bonchev–Trinajstić information content (AvgIpc) is 3.43. The van der Waals surface area contributed by atoms with Crippen LogP contribution in [-0.2, 0) is 29.9 Å². The third-order valence-electron chi connectivity index (χ3n) is 5.77. The lowest BCUT2D eigenvalue weighted by Gasteiger charge is -2.24. The normalized spacial score (nSPS) is 21.8. The Balaban J connectivity index is 1.29. The second-order valence-electron chi connectivity index (χ2n) is 7.46. The van der Waals surface area contributed by atoms with Crippen LogP contribution < -0.4 is 0 Å². The molecule has 0 amide bonds. The van der Waals surface area contributed by atoms with Crippen LogP contribution in [0.2, 0.25) is 0 Å². The molecule has 0 radical (unpaired) electrons. The minimum absolute atomic E-state index is 0.171. The Morgan fingerprint density at radius 3 is 2.81 bits per heavy atom. The Morgan fingerprint density at radius 2 is 1.96 bits per heavy atom. The largest absolute Gasteiger partial charge is 0.364 e. The van der Waals surface area contributed by atoms with E-state index >= 15 is 0 Å². The number of likely N-dealkylation sites (tertiary alicyclic amines) is 1. The Kier molecular flexibility index (Phi) is 4.06. The summed E-state index contributed by atoms with van der Waals surface area (Å²) in [6, 6.07) is 16.9. The van der Waals surface area contributed by atoms with Gasteiger partial charge in [0, 0.05) is 18.7 Å². The first kappa shape index (κ1) is 16.7. The lowest BCUT2D eigenvalue weighted by atomic mass is 9.92. The molecule has 1 fully saturated rings. The molecule has 138 valence electrons. The Labute approximate surface area is 159 Å². The highest BCUT2D eigenvalue weighted by molar-refractivity contribution is 5.54. The van der Waals surface area contributed by atoms with Crippen LogP contribution in [0.5, 0.6) is 0 Å². The summed E-state index contributed by atoms with van der Waals surface area (Å²) in [5.41, 5.74) is 4.79. The highest BCUT2D eigenvalue weighted by Crippen LogP contribution is 2.43. The van der Waals surface area contributed by atoms with E-state index in [1.165, 1.54) is 16.7 Å². The van der Waals surface area contributed by atoms with Crippen molar-refractivity contribution in [3.05, 3.63) is 71.1 Å². The molecule has 3 aromatic rings. The molecule has 5 nitrogen and oxygen atoms in total. The van der Waals surface area contributed by atoms with E-state index in [4.69, 9.17) is 9.26 Å². The van der Waals surface area contributed by atoms with Gasteiger partial charge in [-0.2, -0.15) is 4.98 Å². The molecule has 3 heterocycles. The first-order chi connectivity index (χ1) is 13.3. The van der Waals surface area contributed by atoms with Gasteiger partial charge in [-0.15, -0.1) is 0 Å². The van der Waals surface area contributed by atoms with E-state index in [-0.39, 0.29) is 5.60 Å². The molecule has 2 aromatic carbocycles. The van der Waals surface area contributed by atoms with Gasteiger partial charge in [0.05, 0.1) is 13.2 Å². The molecule has 0 saturated carbocycles. The number of nitrogens with zero attached hydrogens (tertiary/aromatic N) is 3. The van der Waals surface area contributed by atoms with Crippen molar-refractivity contribution >= 4 is 0 Å². The monoisotopic (exact) mass is 361 g/mol. The fraction of sp³-hybridized carbons (Fsp3) is 0.364. The molecule has 2 aliphatic heterocycles. The van der Waals surface area contributed by atoms with Gasteiger partial charge in [0.2, 0.25) is 11.7 Å². The molecule has 2 aliphatic rings. The van der Waals surface area contributed by atoms with Crippen molar-refractivity contribution < 1.29 is 9.26 Å². The van der Waals surface area contributed by atoms with E-state index in [9.17, 15) is 0 Å². The van der Waals surface area contributed by atoms with E-state index in [0.29, 0.717) is 24.9 Å². The topological polar surface area (TPSA) is 51.4 Å². The van der Waals surface area contributed by atoms with Crippen LogP contribution in [0.1, 0.15) is 35.9 Å². The first-order valence-corrected chi connectivity index (χ1v) is 9.62. The maximum absolute atomic E-state index is 6.23. The quantitative estimate of drug-likeness (QED) is 0.705. The van der Waals surface area contributed by atoms with Crippen molar-refractivity contribution in [1.82, 2.24) is 15.0 Å². The zero-order chi connectivity index (χ0) is 18.3. The van der Waals surface area contributed by atoms with E-state index in [2.05, 4.69) is 70.5 Å². The summed E-state index contributed by atoms with van der Waals surface area (Å²) in [5.74, 6) is 1.32. The van der Waals surface area contributed by atoms with Crippen LogP contribution in [0.25, 0.3) is 11.4 Å². The maximum atomic E-state index is 6.23. The van der Waals surface area contributed by atoms with Crippen LogP contribution in [0.15, 0.2) is 53.1 Å². The van der Waals surface area contributed by atoms with Crippen molar-refractivity contribution in [3.63, 3.8) is 0 Å². The molecule has 1 unspecified atom stereocenters. The molecule has 1 spiro atoms. The standard InChI is InChI=1S/C22H23N3O2/c1-2-16-7-9-17(10-8-16)21-23-20(27-24-21)13-25-12-11-22(15-25)19-6-4-3-5-18(19)14-26-22/h3-10H,2,11-15H2,1H3. The van der Waals surface area contributed by atoms with Crippen molar-refractivity contribution in [3.8, 4) is 11.4 Å². The molecule has 0 bridgehead atoms. The number of rotatable bonds is 4. The maximum Gasteiger partial charge on any atom is 0.241 e. The van der Waals surface area contributed by atoms with Crippen molar-refractivity contribution in [1.29, 1.82) is 0 Å². The summed E-state index contributed by atoms with van der Waals surface area (Å²) < 4.78 is 11.7. The van der Waals surface area contributed by atoms with Gasteiger partial charge in [-0.25, -0.2) is 0 Å². The van der Waals surface area contributed by atoms with Gasteiger partial charge < -0.3 is 9.26 Å². The number of aryl methyl sites for hydroxylation is 1. The van der Waals surface area contributed by atoms with Gasteiger partial charge in [0.15, 0.2) is 0 Å². The van der Waals surface area contributed by atoms with Gasteiger partial charge in [-0.05, 0) is 29.5 Å². The van der Waals surface area contributed by atoms with Crippen LogP contribution in [0, 0.1) is 0 Å². The molecule has 0 aliphatic carbocycles. The number of hydrogen-bond acceptors (Lipinski definition) is 5. The predicted octanol–water partition coefficient (Wildman–Crippen LogP) is 3.93. The molecule has 1 atom stereocenters. The van der Waals surface area contributed by atoms with Gasteiger partial charge in [-0.1, -0.05) is 60.6 Å².